The van der Waals surface area contributed by atoms with Gasteiger partial charge in [-0.15, -0.1) is 23.4 Å². The summed E-state index contributed by atoms with van der Waals surface area (Å²) in [6, 6.07) is 7.69. The number of ether oxygens (including phenoxy) is 1. The zero-order valence-electron chi connectivity index (χ0n) is 22.9. The number of halogens is 6. The standard InChI is InChI=1S/C26H25F6N9O3/c1-25(28,29)22-6-5-17(11-33-22)12-35-24(43)21-15-41(39-37-21)13-18(27)7-8-40-14-20(36-38-40)23(42)34-10-16-3-2-4-19(9-16)44-26(30,31)32/h2-6,9,11,14-15,18H,7-8,10,12-13H2,1H3,(H,34,42)(H,35,43). The second-order valence-electron chi connectivity index (χ2n) is 9.58. The van der Waals surface area contributed by atoms with Gasteiger partial charge in [0.25, 0.3) is 17.7 Å². The first-order chi connectivity index (χ1) is 20.7. The molecule has 1 aromatic carbocycles. The number of aromatic nitrogens is 7. The summed E-state index contributed by atoms with van der Waals surface area (Å²) in [5.74, 6) is -4.75. The van der Waals surface area contributed by atoms with Gasteiger partial charge in [-0.05, 0) is 29.3 Å². The van der Waals surface area contributed by atoms with E-state index in [1.54, 1.807) is 0 Å². The molecule has 0 spiro atoms. The van der Waals surface area contributed by atoms with E-state index in [4.69, 9.17) is 0 Å². The molecule has 0 saturated carbocycles. The number of alkyl halides is 6. The molecular weight excluding hydrogens is 600 g/mol. The molecule has 4 rings (SSSR count). The molecule has 44 heavy (non-hydrogen) atoms. The normalized spacial score (nSPS) is 12.5. The van der Waals surface area contributed by atoms with E-state index in [-0.39, 0.29) is 44.0 Å². The van der Waals surface area contributed by atoms with Crippen molar-refractivity contribution < 1.29 is 40.7 Å². The van der Waals surface area contributed by atoms with Crippen LogP contribution in [0, 0.1) is 0 Å². The molecule has 18 heteroatoms. The van der Waals surface area contributed by atoms with Gasteiger partial charge in [-0.2, -0.15) is 8.78 Å². The molecule has 0 aliphatic carbocycles. The number of aryl methyl sites for hydroxylation is 1. The minimum atomic E-state index is -4.84. The van der Waals surface area contributed by atoms with Gasteiger partial charge in [-0.1, -0.05) is 28.6 Å². The molecule has 4 aromatic rings. The molecule has 1 unspecified atom stereocenters. The number of nitrogens with zero attached hydrogens (tertiary/aromatic N) is 7. The minimum absolute atomic E-state index is 0.00200. The lowest BCUT2D eigenvalue weighted by Crippen LogP contribution is -2.23. The molecule has 3 aromatic heterocycles. The highest BCUT2D eigenvalue weighted by atomic mass is 19.4. The quantitative estimate of drug-likeness (QED) is 0.215. The van der Waals surface area contributed by atoms with Gasteiger partial charge in [-0.3, -0.25) is 19.3 Å². The molecule has 3 heterocycles. The summed E-state index contributed by atoms with van der Waals surface area (Å²) >= 11 is 0. The maximum absolute atomic E-state index is 14.6. The van der Waals surface area contributed by atoms with Crippen LogP contribution in [0.4, 0.5) is 26.3 Å². The van der Waals surface area contributed by atoms with Gasteiger partial charge in [-0.25, -0.2) is 9.07 Å². The van der Waals surface area contributed by atoms with Gasteiger partial charge in [0.2, 0.25) is 0 Å². The lowest BCUT2D eigenvalue weighted by molar-refractivity contribution is -0.274. The van der Waals surface area contributed by atoms with E-state index < -0.39 is 41.7 Å². The average Bonchev–Trinajstić information content (AvgIpc) is 3.63. The fourth-order valence-corrected chi connectivity index (χ4v) is 3.76. The van der Waals surface area contributed by atoms with Crippen LogP contribution in [0.25, 0.3) is 0 Å². The lowest BCUT2D eigenvalue weighted by atomic mass is 10.2. The number of rotatable bonds is 13. The summed E-state index contributed by atoms with van der Waals surface area (Å²) in [5, 5.41) is 20.0. The molecule has 2 amide bonds. The Labute approximate surface area is 245 Å². The van der Waals surface area contributed by atoms with Gasteiger partial charge in [0.05, 0.1) is 18.9 Å². The molecule has 0 radical (unpaired) electrons. The zero-order valence-corrected chi connectivity index (χ0v) is 22.9. The van der Waals surface area contributed by atoms with Crippen LogP contribution < -0.4 is 15.4 Å². The van der Waals surface area contributed by atoms with Gasteiger partial charge in [0.15, 0.2) is 11.4 Å². The highest BCUT2D eigenvalue weighted by Gasteiger charge is 2.31. The van der Waals surface area contributed by atoms with Crippen LogP contribution >= 0.6 is 0 Å². The van der Waals surface area contributed by atoms with Gasteiger partial charge >= 0.3 is 6.36 Å². The van der Waals surface area contributed by atoms with Crippen molar-refractivity contribution in [1.82, 2.24) is 45.6 Å². The zero-order chi connectivity index (χ0) is 31.9. The largest absolute Gasteiger partial charge is 0.573 e. The number of carbonyl (C=O) groups is 2. The summed E-state index contributed by atoms with van der Waals surface area (Å²) in [6.45, 7) is 0.455. The van der Waals surface area contributed by atoms with Crippen molar-refractivity contribution in [3.05, 3.63) is 83.2 Å². The molecule has 0 fully saturated rings. The smallest absolute Gasteiger partial charge is 0.406 e. The van der Waals surface area contributed by atoms with E-state index in [1.807, 2.05) is 0 Å². The van der Waals surface area contributed by atoms with Crippen molar-refractivity contribution in [3.8, 4) is 5.75 Å². The fourth-order valence-electron chi connectivity index (χ4n) is 3.76. The van der Waals surface area contributed by atoms with E-state index in [1.165, 1.54) is 41.5 Å². The molecule has 234 valence electrons. The van der Waals surface area contributed by atoms with Crippen molar-refractivity contribution in [1.29, 1.82) is 0 Å². The van der Waals surface area contributed by atoms with Gasteiger partial charge in [0.1, 0.15) is 17.6 Å². The van der Waals surface area contributed by atoms with Crippen LogP contribution in [0.2, 0.25) is 0 Å². The highest BCUT2D eigenvalue weighted by molar-refractivity contribution is 5.92. The van der Waals surface area contributed by atoms with Crippen LogP contribution in [0.3, 0.4) is 0 Å². The third kappa shape index (κ3) is 9.50. The van der Waals surface area contributed by atoms with Gasteiger partial charge < -0.3 is 15.4 Å². The fraction of sp³-hybridized carbons (Fsp3) is 0.346. The molecule has 0 saturated heterocycles. The molecule has 12 nitrogen and oxygen atoms in total. The Bertz CT molecular complexity index is 1570. The summed E-state index contributed by atoms with van der Waals surface area (Å²) in [5.41, 5.74) is 0.294. The van der Waals surface area contributed by atoms with Crippen LogP contribution in [-0.2, 0) is 32.1 Å². The molecule has 0 aliphatic heterocycles. The number of amides is 2. The summed E-state index contributed by atoms with van der Waals surface area (Å²) in [4.78, 5) is 28.4. The Morgan fingerprint density at radius 2 is 1.55 bits per heavy atom. The lowest BCUT2D eigenvalue weighted by Gasteiger charge is -2.10. The van der Waals surface area contributed by atoms with Crippen molar-refractivity contribution in [2.45, 2.75) is 58.0 Å². The van der Waals surface area contributed by atoms with Gasteiger partial charge in [0, 0.05) is 39.2 Å². The van der Waals surface area contributed by atoms with E-state index in [0.29, 0.717) is 11.1 Å². The number of nitrogens with one attached hydrogen (secondary N) is 2. The predicted molar refractivity (Wildman–Crippen MR) is 139 cm³/mol. The Kier molecular flexibility index (Phi) is 9.80. The molecule has 0 aliphatic rings. The maximum Gasteiger partial charge on any atom is 0.573 e. The second-order valence-corrected chi connectivity index (χ2v) is 9.58. The SMILES string of the molecule is CC(F)(F)c1ccc(CNC(=O)c2cn(CC(F)CCn3cc(C(=O)NCc4cccc(OC(F)(F)F)c4)nn3)nn2)cn1. The Balaban J connectivity index is 1.19. The minimum Gasteiger partial charge on any atom is -0.406 e. The molecule has 1 atom stereocenters. The number of pyridine rings is 1. The van der Waals surface area contributed by atoms with Crippen LogP contribution in [0.1, 0.15) is 51.1 Å². The topological polar surface area (TPSA) is 142 Å². The average molecular weight is 626 g/mol. The third-order valence-electron chi connectivity index (χ3n) is 5.91. The Hall–Kier alpha value is -5.03. The van der Waals surface area contributed by atoms with Crippen molar-refractivity contribution >= 4 is 11.8 Å². The van der Waals surface area contributed by atoms with Crippen LogP contribution in [-0.4, -0.2) is 59.3 Å². The monoisotopic (exact) mass is 625 g/mol. The first-order valence-electron chi connectivity index (χ1n) is 12.9. The van der Waals surface area contributed by atoms with Crippen molar-refractivity contribution in [2.75, 3.05) is 0 Å². The van der Waals surface area contributed by atoms with Crippen molar-refractivity contribution in [2.24, 2.45) is 0 Å². The molecular formula is C26H25F6N9O3. The third-order valence-corrected chi connectivity index (χ3v) is 5.91. The summed E-state index contributed by atoms with van der Waals surface area (Å²) < 4.78 is 84.6. The summed E-state index contributed by atoms with van der Waals surface area (Å²) in [7, 11) is 0. The van der Waals surface area contributed by atoms with Crippen molar-refractivity contribution in [3.63, 3.8) is 0 Å². The van der Waals surface area contributed by atoms with E-state index >= 15 is 0 Å². The first kappa shape index (κ1) is 31.9. The Morgan fingerprint density at radius 3 is 2.16 bits per heavy atom. The Morgan fingerprint density at radius 1 is 0.909 bits per heavy atom. The van der Waals surface area contributed by atoms with Crippen LogP contribution in [0.15, 0.2) is 55.0 Å². The van der Waals surface area contributed by atoms with E-state index in [2.05, 4.69) is 41.0 Å². The number of carbonyl (C=O) groups excluding carboxylic acids is 2. The van der Waals surface area contributed by atoms with Crippen LogP contribution in [0.5, 0.6) is 5.75 Å². The number of hydrogen-bond acceptors (Lipinski definition) is 8. The molecule has 0 bridgehead atoms. The number of hydrogen-bond donors (Lipinski definition) is 2. The van der Waals surface area contributed by atoms with E-state index in [0.717, 1.165) is 29.8 Å². The second kappa shape index (κ2) is 13.5. The predicted octanol–water partition coefficient (Wildman–Crippen LogP) is 3.56. The molecule has 2 N–H and O–H groups in total. The summed E-state index contributed by atoms with van der Waals surface area (Å²) in [6.07, 6.45) is -2.55. The first-order valence-corrected chi connectivity index (χ1v) is 12.9. The maximum atomic E-state index is 14.6. The number of benzene rings is 1. The van der Waals surface area contributed by atoms with E-state index in [9.17, 15) is 35.9 Å². The highest BCUT2D eigenvalue weighted by Crippen LogP contribution is 2.25.